The van der Waals surface area contributed by atoms with E-state index in [2.05, 4.69) is 5.32 Å². The van der Waals surface area contributed by atoms with E-state index in [-0.39, 0.29) is 11.4 Å². The van der Waals surface area contributed by atoms with Crippen molar-refractivity contribution < 1.29 is 9.90 Å². The van der Waals surface area contributed by atoms with Gasteiger partial charge in [0.05, 0.1) is 6.10 Å². The van der Waals surface area contributed by atoms with Crippen molar-refractivity contribution in [3.63, 3.8) is 0 Å². The van der Waals surface area contributed by atoms with Crippen LogP contribution in [0.5, 0.6) is 0 Å². The summed E-state index contributed by atoms with van der Waals surface area (Å²) in [5.74, 6) is 0.145. The molecule has 0 aliphatic rings. The number of nitrogens with one attached hydrogen (secondary N) is 1. The normalized spacial score (nSPS) is 13.7. The lowest BCUT2D eigenvalue weighted by Gasteiger charge is -2.29. The van der Waals surface area contributed by atoms with Crippen molar-refractivity contribution in [2.45, 2.75) is 45.3 Å². The fraction of sp³-hybridized carbons (Fsp3) is 0.909. The molecule has 0 heterocycles. The number of carbonyl (C=O) groups excluding carboxylic acids is 1. The van der Waals surface area contributed by atoms with Crippen LogP contribution in [-0.2, 0) is 4.79 Å². The van der Waals surface area contributed by atoms with Crippen LogP contribution in [0.4, 0.5) is 0 Å². The average molecular weight is 216 g/mol. The van der Waals surface area contributed by atoms with Gasteiger partial charge in [0.1, 0.15) is 0 Å². The van der Waals surface area contributed by atoms with Gasteiger partial charge in [0.25, 0.3) is 0 Å². The summed E-state index contributed by atoms with van der Waals surface area (Å²) in [6.45, 7) is 6.41. The Labute approximate surface area is 92.7 Å². The van der Waals surface area contributed by atoms with Gasteiger partial charge in [0.2, 0.25) is 5.91 Å². The minimum absolute atomic E-state index is 0.145. The minimum Gasteiger partial charge on any atom is -0.392 e. The number of aliphatic hydroxyl groups excluding tert-OH is 1. The molecule has 0 bridgehead atoms. The number of aliphatic hydroxyl groups is 1. The van der Waals surface area contributed by atoms with Gasteiger partial charge < -0.3 is 15.3 Å². The Kier molecular flexibility index (Phi) is 5.83. The van der Waals surface area contributed by atoms with Crippen LogP contribution in [0.25, 0.3) is 0 Å². The number of carbonyl (C=O) groups is 1. The molecule has 0 aromatic heterocycles. The first-order valence-electron chi connectivity index (χ1n) is 5.40. The zero-order valence-electron chi connectivity index (χ0n) is 10.5. The highest BCUT2D eigenvalue weighted by Crippen LogP contribution is 2.08. The number of nitrogens with zero attached hydrogens (tertiary/aromatic N) is 1. The number of rotatable bonds is 6. The first-order chi connectivity index (χ1) is 6.77. The molecule has 1 atom stereocenters. The summed E-state index contributed by atoms with van der Waals surface area (Å²) in [6, 6.07) is 0. The highest BCUT2D eigenvalue weighted by molar-refractivity contribution is 5.75. The van der Waals surface area contributed by atoms with Crippen LogP contribution in [-0.4, -0.2) is 48.2 Å². The molecule has 0 rings (SSSR count). The minimum atomic E-state index is -0.401. The second kappa shape index (κ2) is 6.08. The van der Waals surface area contributed by atoms with Gasteiger partial charge in [-0.15, -0.1) is 0 Å². The highest BCUT2D eigenvalue weighted by atomic mass is 16.3. The van der Waals surface area contributed by atoms with Crippen molar-refractivity contribution in [1.82, 2.24) is 10.2 Å². The fourth-order valence-electron chi connectivity index (χ4n) is 1.02. The third kappa shape index (κ3) is 5.74. The molecule has 90 valence electrons. The molecule has 0 saturated carbocycles. The predicted molar refractivity (Wildman–Crippen MR) is 61.7 cm³/mol. The zero-order chi connectivity index (χ0) is 12.1. The second-order valence-corrected chi connectivity index (χ2v) is 4.72. The van der Waals surface area contributed by atoms with E-state index >= 15 is 0 Å². The van der Waals surface area contributed by atoms with E-state index < -0.39 is 6.10 Å². The van der Waals surface area contributed by atoms with Crippen molar-refractivity contribution in [3.8, 4) is 0 Å². The van der Waals surface area contributed by atoms with Gasteiger partial charge in [0, 0.05) is 26.1 Å². The van der Waals surface area contributed by atoms with Crippen LogP contribution in [0.2, 0.25) is 0 Å². The zero-order valence-corrected chi connectivity index (χ0v) is 10.5. The van der Waals surface area contributed by atoms with E-state index in [0.717, 1.165) is 13.0 Å². The summed E-state index contributed by atoms with van der Waals surface area (Å²) in [7, 11) is 3.52. The maximum absolute atomic E-state index is 11.2. The van der Waals surface area contributed by atoms with E-state index in [1.807, 2.05) is 13.8 Å². The molecule has 1 unspecified atom stereocenters. The summed E-state index contributed by atoms with van der Waals surface area (Å²) in [5.41, 5.74) is -0.291. The van der Waals surface area contributed by atoms with Gasteiger partial charge in [-0.1, -0.05) is 0 Å². The van der Waals surface area contributed by atoms with Gasteiger partial charge in [-0.2, -0.15) is 0 Å². The van der Waals surface area contributed by atoms with Gasteiger partial charge >= 0.3 is 0 Å². The monoisotopic (exact) mass is 216 g/mol. The van der Waals surface area contributed by atoms with E-state index in [0.29, 0.717) is 6.42 Å². The summed E-state index contributed by atoms with van der Waals surface area (Å²) < 4.78 is 0. The maximum atomic E-state index is 11.2. The Morgan fingerprint density at radius 1 is 1.47 bits per heavy atom. The second-order valence-electron chi connectivity index (χ2n) is 4.72. The highest BCUT2D eigenvalue weighted by Gasteiger charge is 2.22. The largest absolute Gasteiger partial charge is 0.392 e. The maximum Gasteiger partial charge on any atom is 0.222 e. The van der Waals surface area contributed by atoms with Crippen molar-refractivity contribution in [3.05, 3.63) is 0 Å². The van der Waals surface area contributed by atoms with Gasteiger partial charge in [-0.25, -0.2) is 0 Å². The first-order valence-corrected chi connectivity index (χ1v) is 5.40. The van der Waals surface area contributed by atoms with Crippen LogP contribution < -0.4 is 5.32 Å². The fourth-order valence-corrected chi connectivity index (χ4v) is 1.02. The lowest BCUT2D eigenvalue weighted by molar-refractivity contribution is -0.128. The molecule has 0 saturated heterocycles. The van der Waals surface area contributed by atoms with Crippen LogP contribution >= 0.6 is 0 Å². The molecule has 4 heteroatoms. The van der Waals surface area contributed by atoms with Crippen molar-refractivity contribution in [2.24, 2.45) is 0 Å². The predicted octanol–water partition coefficient (Wildman–Crippen LogP) is 0.604. The Morgan fingerprint density at radius 2 is 2.00 bits per heavy atom. The quantitative estimate of drug-likeness (QED) is 0.639. The molecule has 0 aromatic rings. The molecule has 0 aliphatic carbocycles. The van der Waals surface area contributed by atoms with Crippen molar-refractivity contribution >= 4 is 5.91 Å². The molecule has 0 fully saturated rings. The van der Waals surface area contributed by atoms with E-state index in [4.69, 9.17) is 0 Å². The summed E-state index contributed by atoms with van der Waals surface area (Å²) >= 11 is 0. The molecule has 0 radical (unpaired) electrons. The molecule has 0 aliphatic heterocycles. The number of hydrogen-bond donors (Lipinski definition) is 2. The lowest BCUT2D eigenvalue weighted by Crippen LogP contribution is -2.48. The Balaban J connectivity index is 3.68. The van der Waals surface area contributed by atoms with Crippen molar-refractivity contribution in [1.29, 1.82) is 0 Å². The topological polar surface area (TPSA) is 52.6 Å². The van der Waals surface area contributed by atoms with Gasteiger partial charge in [0.15, 0.2) is 0 Å². The SMILES string of the molecule is CC(O)C(C)(C)NCCCC(=O)N(C)C. The third-order valence-corrected chi connectivity index (χ3v) is 2.69. The van der Waals surface area contributed by atoms with E-state index in [1.165, 1.54) is 0 Å². The number of amides is 1. The molecule has 15 heavy (non-hydrogen) atoms. The molecule has 4 nitrogen and oxygen atoms in total. The Hall–Kier alpha value is -0.610. The van der Waals surface area contributed by atoms with Crippen LogP contribution in [0.15, 0.2) is 0 Å². The Morgan fingerprint density at radius 3 is 2.40 bits per heavy atom. The van der Waals surface area contributed by atoms with Crippen molar-refractivity contribution in [2.75, 3.05) is 20.6 Å². The van der Waals surface area contributed by atoms with Gasteiger partial charge in [-0.05, 0) is 33.7 Å². The lowest BCUT2D eigenvalue weighted by atomic mass is 9.99. The molecule has 0 aromatic carbocycles. The Bertz CT molecular complexity index is 201. The standard InChI is InChI=1S/C11H24N2O2/c1-9(14)11(2,3)12-8-6-7-10(15)13(4)5/h9,12,14H,6-8H2,1-5H3. The van der Waals surface area contributed by atoms with E-state index in [9.17, 15) is 9.90 Å². The van der Waals surface area contributed by atoms with Crippen LogP contribution in [0.1, 0.15) is 33.6 Å². The molecular weight excluding hydrogens is 192 g/mol. The average Bonchev–Trinajstić information content (AvgIpc) is 2.11. The molecular formula is C11H24N2O2. The van der Waals surface area contributed by atoms with Crippen LogP contribution in [0.3, 0.4) is 0 Å². The summed E-state index contributed by atoms with van der Waals surface area (Å²) in [4.78, 5) is 12.8. The number of hydrogen-bond acceptors (Lipinski definition) is 3. The van der Waals surface area contributed by atoms with Crippen LogP contribution in [0, 0.1) is 0 Å². The third-order valence-electron chi connectivity index (χ3n) is 2.69. The first kappa shape index (κ1) is 14.4. The molecule has 0 spiro atoms. The molecule has 2 N–H and O–H groups in total. The molecule has 1 amide bonds. The van der Waals surface area contributed by atoms with E-state index in [1.54, 1.807) is 25.9 Å². The van der Waals surface area contributed by atoms with Gasteiger partial charge in [-0.3, -0.25) is 4.79 Å². The summed E-state index contributed by atoms with van der Waals surface area (Å²) in [6.07, 6.45) is 0.949. The summed E-state index contributed by atoms with van der Waals surface area (Å²) in [5, 5.41) is 12.7. The smallest absolute Gasteiger partial charge is 0.222 e.